The maximum Gasteiger partial charge on any atom is 0.224 e. The Bertz CT molecular complexity index is 630. The van der Waals surface area contributed by atoms with Crippen LogP contribution in [0, 0.1) is 17.3 Å². The van der Waals surface area contributed by atoms with Crippen LogP contribution < -0.4 is 14.8 Å². The quantitative estimate of drug-likeness (QED) is 0.777. The third kappa shape index (κ3) is 3.92. The van der Waals surface area contributed by atoms with Crippen LogP contribution in [0.15, 0.2) is 29.8 Å². The number of ether oxygens (including phenoxy) is 2. The lowest BCUT2D eigenvalue weighted by molar-refractivity contribution is -0.123. The highest BCUT2D eigenvalue weighted by atomic mass is 16.5. The number of carbonyl (C=O) groups excluding carboxylic acids is 1. The molecule has 1 saturated carbocycles. The van der Waals surface area contributed by atoms with Crippen molar-refractivity contribution in [3.63, 3.8) is 0 Å². The smallest absolute Gasteiger partial charge is 0.224 e. The van der Waals surface area contributed by atoms with Crippen LogP contribution in [-0.4, -0.2) is 26.7 Å². The highest BCUT2D eigenvalue weighted by molar-refractivity contribution is 5.83. The maximum atomic E-state index is 12.4. The van der Waals surface area contributed by atoms with E-state index in [0.29, 0.717) is 18.2 Å². The predicted molar refractivity (Wildman–Crippen MR) is 96.5 cm³/mol. The predicted octanol–water partition coefficient (Wildman–Crippen LogP) is 3.60. The molecule has 0 aliphatic heterocycles. The minimum Gasteiger partial charge on any atom is -0.493 e. The molecule has 1 aliphatic carbocycles. The molecule has 1 aliphatic rings. The van der Waals surface area contributed by atoms with E-state index < -0.39 is 0 Å². The van der Waals surface area contributed by atoms with E-state index in [0.717, 1.165) is 17.7 Å². The van der Waals surface area contributed by atoms with Crippen molar-refractivity contribution in [1.29, 1.82) is 0 Å². The first-order valence-corrected chi connectivity index (χ1v) is 8.45. The molecule has 2 unspecified atom stereocenters. The molecule has 2 atom stereocenters. The van der Waals surface area contributed by atoms with Crippen LogP contribution in [0.4, 0.5) is 0 Å². The van der Waals surface area contributed by atoms with Crippen LogP contribution in [0.1, 0.15) is 33.3 Å². The van der Waals surface area contributed by atoms with Gasteiger partial charge in [0.15, 0.2) is 11.5 Å². The van der Waals surface area contributed by atoms with E-state index in [1.165, 1.54) is 5.57 Å². The molecular weight excluding hydrogens is 302 g/mol. The van der Waals surface area contributed by atoms with Gasteiger partial charge >= 0.3 is 0 Å². The summed E-state index contributed by atoms with van der Waals surface area (Å²) in [4.78, 5) is 12.4. The molecular formula is C20H29NO3. The van der Waals surface area contributed by atoms with E-state index in [-0.39, 0.29) is 17.2 Å². The Labute approximate surface area is 145 Å². The van der Waals surface area contributed by atoms with Gasteiger partial charge in [-0.05, 0) is 49.3 Å². The molecule has 1 N–H and O–H groups in total. The Morgan fingerprint density at radius 3 is 2.46 bits per heavy atom. The molecule has 1 aromatic carbocycles. The molecule has 0 heterocycles. The molecule has 24 heavy (non-hydrogen) atoms. The standard InChI is InChI=1S/C20H29NO3/c1-13(2)11-15-18(20(15,3)4)19(22)21-10-9-14-7-8-16(23-5)17(12-14)24-6/h7-8,11-12,15,18H,9-10H2,1-6H3,(H,21,22). The van der Waals surface area contributed by atoms with E-state index in [1.807, 2.05) is 18.2 Å². The summed E-state index contributed by atoms with van der Waals surface area (Å²) in [5.41, 5.74) is 2.45. The van der Waals surface area contributed by atoms with Gasteiger partial charge in [-0.1, -0.05) is 31.6 Å². The second-order valence-corrected chi connectivity index (χ2v) is 7.30. The van der Waals surface area contributed by atoms with Gasteiger partial charge in [-0.25, -0.2) is 0 Å². The number of carbonyl (C=O) groups is 1. The van der Waals surface area contributed by atoms with Crippen molar-refractivity contribution in [2.24, 2.45) is 17.3 Å². The first-order valence-electron chi connectivity index (χ1n) is 8.45. The molecule has 1 amide bonds. The molecule has 1 fully saturated rings. The van der Waals surface area contributed by atoms with Gasteiger partial charge in [0.1, 0.15) is 0 Å². The lowest BCUT2D eigenvalue weighted by atomic mass is 10.1. The summed E-state index contributed by atoms with van der Waals surface area (Å²) >= 11 is 0. The molecule has 0 aromatic heterocycles. The molecule has 132 valence electrons. The summed E-state index contributed by atoms with van der Waals surface area (Å²) in [5, 5.41) is 3.08. The number of methoxy groups -OCH3 is 2. The van der Waals surface area contributed by atoms with Gasteiger partial charge in [0.05, 0.1) is 20.1 Å². The van der Waals surface area contributed by atoms with Gasteiger partial charge in [0, 0.05) is 6.54 Å². The Morgan fingerprint density at radius 1 is 1.21 bits per heavy atom. The first-order chi connectivity index (χ1) is 11.3. The van der Waals surface area contributed by atoms with Gasteiger partial charge in [-0.3, -0.25) is 4.79 Å². The Balaban J connectivity index is 1.89. The average molecular weight is 331 g/mol. The third-order valence-corrected chi connectivity index (χ3v) is 4.87. The molecule has 4 heteroatoms. The highest BCUT2D eigenvalue weighted by Crippen LogP contribution is 2.59. The number of allylic oxidation sites excluding steroid dienone is 2. The lowest BCUT2D eigenvalue weighted by Gasteiger charge is -2.10. The van der Waals surface area contributed by atoms with Gasteiger partial charge in [-0.2, -0.15) is 0 Å². The fourth-order valence-corrected chi connectivity index (χ4v) is 3.32. The Hall–Kier alpha value is -1.97. The highest BCUT2D eigenvalue weighted by Gasteiger charge is 2.60. The molecule has 0 radical (unpaired) electrons. The average Bonchev–Trinajstić information content (AvgIpc) is 3.06. The van der Waals surface area contributed by atoms with Crippen LogP contribution in [0.5, 0.6) is 11.5 Å². The van der Waals surface area contributed by atoms with Crippen molar-refractivity contribution < 1.29 is 14.3 Å². The van der Waals surface area contributed by atoms with Gasteiger partial charge < -0.3 is 14.8 Å². The van der Waals surface area contributed by atoms with E-state index in [1.54, 1.807) is 14.2 Å². The van der Waals surface area contributed by atoms with Gasteiger partial charge in [0.25, 0.3) is 0 Å². The number of rotatable bonds is 7. The number of nitrogens with one attached hydrogen (secondary N) is 1. The molecule has 1 aromatic rings. The zero-order chi connectivity index (χ0) is 17.9. The Kier molecular flexibility index (Phi) is 5.58. The van der Waals surface area contributed by atoms with Crippen molar-refractivity contribution in [3.05, 3.63) is 35.4 Å². The number of amides is 1. The van der Waals surface area contributed by atoms with E-state index in [9.17, 15) is 4.79 Å². The van der Waals surface area contributed by atoms with Crippen LogP contribution in [0.25, 0.3) is 0 Å². The molecule has 0 bridgehead atoms. The summed E-state index contributed by atoms with van der Waals surface area (Å²) in [6.45, 7) is 9.12. The Morgan fingerprint density at radius 2 is 1.88 bits per heavy atom. The van der Waals surface area contributed by atoms with Crippen molar-refractivity contribution >= 4 is 5.91 Å². The topological polar surface area (TPSA) is 47.6 Å². The largest absolute Gasteiger partial charge is 0.493 e. The van der Waals surface area contributed by atoms with Crippen molar-refractivity contribution in [2.75, 3.05) is 20.8 Å². The monoisotopic (exact) mass is 331 g/mol. The summed E-state index contributed by atoms with van der Waals surface area (Å²) in [6.07, 6.45) is 2.99. The summed E-state index contributed by atoms with van der Waals surface area (Å²) in [6, 6.07) is 5.85. The molecule has 0 spiro atoms. The summed E-state index contributed by atoms with van der Waals surface area (Å²) < 4.78 is 10.6. The van der Waals surface area contributed by atoms with E-state index >= 15 is 0 Å². The van der Waals surface area contributed by atoms with Crippen molar-refractivity contribution in [3.8, 4) is 11.5 Å². The van der Waals surface area contributed by atoms with E-state index in [2.05, 4.69) is 39.1 Å². The summed E-state index contributed by atoms with van der Waals surface area (Å²) in [7, 11) is 3.25. The third-order valence-electron chi connectivity index (χ3n) is 4.87. The van der Waals surface area contributed by atoms with Gasteiger partial charge in [-0.15, -0.1) is 0 Å². The van der Waals surface area contributed by atoms with Crippen molar-refractivity contribution in [1.82, 2.24) is 5.32 Å². The second-order valence-electron chi connectivity index (χ2n) is 7.30. The second kappa shape index (κ2) is 7.29. The fourth-order valence-electron chi connectivity index (χ4n) is 3.32. The molecule has 0 saturated heterocycles. The zero-order valence-electron chi connectivity index (χ0n) is 15.6. The van der Waals surface area contributed by atoms with Crippen molar-refractivity contribution in [2.45, 2.75) is 34.1 Å². The van der Waals surface area contributed by atoms with Crippen LogP contribution in [0.2, 0.25) is 0 Å². The first kappa shape index (κ1) is 18.4. The van der Waals surface area contributed by atoms with Crippen LogP contribution in [-0.2, 0) is 11.2 Å². The zero-order valence-corrected chi connectivity index (χ0v) is 15.6. The minimum absolute atomic E-state index is 0.0602. The SMILES string of the molecule is COc1ccc(CCNC(=O)C2C(C=C(C)C)C2(C)C)cc1OC. The number of hydrogen-bond donors (Lipinski definition) is 1. The molecule has 2 rings (SSSR count). The van der Waals surface area contributed by atoms with E-state index in [4.69, 9.17) is 9.47 Å². The maximum absolute atomic E-state index is 12.4. The normalized spacial score (nSPS) is 20.9. The molecule has 4 nitrogen and oxygen atoms in total. The fraction of sp³-hybridized carbons (Fsp3) is 0.550. The number of hydrogen-bond acceptors (Lipinski definition) is 3. The van der Waals surface area contributed by atoms with Crippen LogP contribution in [0.3, 0.4) is 0 Å². The van der Waals surface area contributed by atoms with Gasteiger partial charge in [0.2, 0.25) is 5.91 Å². The lowest BCUT2D eigenvalue weighted by Crippen LogP contribution is -2.28. The number of benzene rings is 1. The summed E-state index contributed by atoms with van der Waals surface area (Å²) in [5.74, 6) is 2.02. The minimum atomic E-state index is 0.0602. The van der Waals surface area contributed by atoms with Crippen LogP contribution >= 0.6 is 0 Å².